The molecule has 4 nitrogen and oxygen atoms in total. The molecule has 0 fully saturated rings. The first-order valence-electron chi connectivity index (χ1n) is 6.00. The van der Waals surface area contributed by atoms with E-state index in [4.69, 9.17) is 16.3 Å². The van der Waals surface area contributed by atoms with E-state index in [-0.39, 0.29) is 18.1 Å². The fraction of sp³-hybridized carbons (Fsp3) is 0.133. The molecule has 0 radical (unpaired) electrons. The summed E-state index contributed by atoms with van der Waals surface area (Å²) in [6.45, 7) is 0. The Bertz CT molecular complexity index is 628. The molecule has 2 aromatic rings. The highest BCUT2D eigenvalue weighted by Crippen LogP contribution is 2.26. The van der Waals surface area contributed by atoms with E-state index >= 15 is 0 Å². The molecule has 0 heterocycles. The predicted molar refractivity (Wildman–Crippen MR) is 78.4 cm³/mol. The maximum atomic E-state index is 12.0. The summed E-state index contributed by atoms with van der Waals surface area (Å²) in [6, 6.07) is 11.7. The molecule has 0 bridgehead atoms. The molecule has 2 N–H and O–H groups in total. The summed E-state index contributed by atoms with van der Waals surface area (Å²) < 4.78 is 5.20. The van der Waals surface area contributed by atoms with Crippen LogP contribution in [-0.2, 0) is 11.2 Å². The molecule has 0 saturated heterocycles. The smallest absolute Gasteiger partial charge is 0.228 e. The third kappa shape index (κ3) is 3.42. The number of methoxy groups -OCH3 is 1. The number of carbonyl (C=O) groups is 1. The number of anilines is 1. The quantitative estimate of drug-likeness (QED) is 0.850. The third-order valence-corrected chi connectivity index (χ3v) is 3.08. The summed E-state index contributed by atoms with van der Waals surface area (Å²) in [4.78, 5) is 12.0. The Balaban J connectivity index is 2.09. The van der Waals surface area contributed by atoms with Crippen molar-refractivity contribution in [3.63, 3.8) is 0 Å². The van der Waals surface area contributed by atoms with Crippen molar-refractivity contribution in [3.05, 3.63) is 53.1 Å². The number of carbonyl (C=O) groups excluding carboxylic acids is 1. The second kappa shape index (κ2) is 6.30. The van der Waals surface area contributed by atoms with Gasteiger partial charge in [0.2, 0.25) is 5.91 Å². The number of halogens is 1. The molecule has 0 aromatic heterocycles. The van der Waals surface area contributed by atoms with Gasteiger partial charge >= 0.3 is 0 Å². The van der Waals surface area contributed by atoms with Crippen LogP contribution in [0.25, 0.3) is 0 Å². The number of phenols is 1. The molecule has 0 atom stereocenters. The number of phenolic OH excluding ortho intramolecular Hbond substituents is 1. The van der Waals surface area contributed by atoms with Crippen molar-refractivity contribution in [2.75, 3.05) is 12.4 Å². The Hall–Kier alpha value is -2.20. The van der Waals surface area contributed by atoms with Gasteiger partial charge in [-0.1, -0.05) is 29.8 Å². The van der Waals surface area contributed by atoms with Gasteiger partial charge in [0, 0.05) is 11.6 Å². The van der Waals surface area contributed by atoms with Crippen LogP contribution < -0.4 is 10.1 Å². The molecule has 104 valence electrons. The minimum atomic E-state index is -0.206. The van der Waals surface area contributed by atoms with Gasteiger partial charge in [0.1, 0.15) is 11.5 Å². The maximum absolute atomic E-state index is 12.0. The summed E-state index contributed by atoms with van der Waals surface area (Å²) in [5.74, 6) is 0.513. The SMILES string of the molecule is COc1ccccc1CC(=O)Nc1ccc(O)cc1Cl. The Morgan fingerprint density at radius 3 is 2.75 bits per heavy atom. The fourth-order valence-corrected chi connectivity index (χ4v) is 2.04. The van der Waals surface area contributed by atoms with Gasteiger partial charge in [-0.25, -0.2) is 0 Å². The lowest BCUT2D eigenvalue weighted by Crippen LogP contribution is -2.15. The maximum Gasteiger partial charge on any atom is 0.228 e. The molecule has 0 unspecified atom stereocenters. The summed E-state index contributed by atoms with van der Waals surface area (Å²) >= 11 is 5.94. The van der Waals surface area contributed by atoms with Crippen LogP contribution in [0.4, 0.5) is 5.69 Å². The van der Waals surface area contributed by atoms with Crippen molar-refractivity contribution in [1.29, 1.82) is 0 Å². The standard InChI is InChI=1S/C15H14ClNO3/c1-20-14-5-3-2-4-10(14)8-15(19)17-13-7-6-11(18)9-12(13)16/h2-7,9,18H,8H2,1H3,(H,17,19). The molecular weight excluding hydrogens is 278 g/mol. The minimum absolute atomic E-state index is 0.0535. The normalized spacial score (nSPS) is 10.1. The lowest BCUT2D eigenvalue weighted by Gasteiger charge is -2.10. The van der Waals surface area contributed by atoms with E-state index in [0.717, 1.165) is 5.56 Å². The lowest BCUT2D eigenvalue weighted by molar-refractivity contribution is -0.115. The number of nitrogens with one attached hydrogen (secondary N) is 1. The Labute approximate surface area is 122 Å². The van der Waals surface area contributed by atoms with Gasteiger partial charge in [-0.2, -0.15) is 0 Å². The Morgan fingerprint density at radius 2 is 2.05 bits per heavy atom. The molecule has 20 heavy (non-hydrogen) atoms. The molecule has 0 saturated carbocycles. The first-order valence-corrected chi connectivity index (χ1v) is 6.38. The predicted octanol–water partition coefficient (Wildman–Crippen LogP) is 3.24. The molecule has 2 rings (SSSR count). The average Bonchev–Trinajstić information content (AvgIpc) is 2.42. The number of rotatable bonds is 4. The second-order valence-corrected chi connectivity index (χ2v) is 4.61. The van der Waals surface area contributed by atoms with Crippen LogP contribution >= 0.6 is 11.6 Å². The lowest BCUT2D eigenvalue weighted by atomic mass is 10.1. The molecule has 5 heteroatoms. The minimum Gasteiger partial charge on any atom is -0.508 e. The highest BCUT2D eigenvalue weighted by Gasteiger charge is 2.10. The van der Waals surface area contributed by atoms with Crippen molar-refractivity contribution < 1.29 is 14.6 Å². The molecule has 0 aliphatic rings. The van der Waals surface area contributed by atoms with Crippen LogP contribution in [-0.4, -0.2) is 18.1 Å². The summed E-state index contributed by atoms with van der Waals surface area (Å²) in [6.07, 6.45) is 0.182. The topological polar surface area (TPSA) is 58.6 Å². The van der Waals surface area contributed by atoms with E-state index in [0.29, 0.717) is 16.5 Å². The van der Waals surface area contributed by atoms with Crippen LogP contribution in [0.3, 0.4) is 0 Å². The van der Waals surface area contributed by atoms with E-state index < -0.39 is 0 Å². The highest BCUT2D eigenvalue weighted by molar-refractivity contribution is 6.33. The van der Waals surface area contributed by atoms with Gasteiger partial charge < -0.3 is 15.2 Å². The zero-order chi connectivity index (χ0) is 14.5. The fourth-order valence-electron chi connectivity index (χ4n) is 1.82. The van der Waals surface area contributed by atoms with Gasteiger partial charge in [0.05, 0.1) is 24.2 Å². The van der Waals surface area contributed by atoms with E-state index in [1.807, 2.05) is 18.2 Å². The van der Waals surface area contributed by atoms with Gasteiger partial charge in [0.15, 0.2) is 0 Å². The van der Waals surface area contributed by atoms with Crippen LogP contribution in [0, 0.1) is 0 Å². The number of para-hydroxylation sites is 1. The highest BCUT2D eigenvalue weighted by atomic mass is 35.5. The zero-order valence-electron chi connectivity index (χ0n) is 10.9. The number of aromatic hydroxyl groups is 1. The number of ether oxygens (including phenoxy) is 1. The number of benzene rings is 2. The second-order valence-electron chi connectivity index (χ2n) is 4.20. The van der Waals surface area contributed by atoms with Crippen LogP contribution in [0.1, 0.15) is 5.56 Å². The van der Waals surface area contributed by atoms with Crippen molar-refractivity contribution >= 4 is 23.2 Å². The van der Waals surface area contributed by atoms with E-state index in [9.17, 15) is 9.90 Å². The van der Waals surface area contributed by atoms with Crippen molar-refractivity contribution in [1.82, 2.24) is 0 Å². The Morgan fingerprint density at radius 1 is 1.30 bits per heavy atom. The molecule has 0 spiro atoms. The number of hydrogen-bond acceptors (Lipinski definition) is 3. The van der Waals surface area contributed by atoms with Gasteiger partial charge in [-0.3, -0.25) is 4.79 Å². The summed E-state index contributed by atoms with van der Waals surface area (Å²) in [5.41, 5.74) is 1.26. The van der Waals surface area contributed by atoms with Crippen molar-refractivity contribution in [3.8, 4) is 11.5 Å². The molecule has 1 amide bonds. The largest absolute Gasteiger partial charge is 0.508 e. The van der Waals surface area contributed by atoms with E-state index in [1.54, 1.807) is 19.2 Å². The molecule has 0 aliphatic heterocycles. The molecule has 2 aromatic carbocycles. The van der Waals surface area contributed by atoms with Gasteiger partial charge in [-0.05, 0) is 18.2 Å². The van der Waals surface area contributed by atoms with E-state index in [2.05, 4.69) is 5.32 Å². The summed E-state index contributed by atoms with van der Waals surface area (Å²) in [5, 5.41) is 12.3. The van der Waals surface area contributed by atoms with Crippen LogP contribution in [0.5, 0.6) is 11.5 Å². The molecule has 0 aliphatic carbocycles. The number of hydrogen-bond donors (Lipinski definition) is 2. The van der Waals surface area contributed by atoms with Crippen LogP contribution in [0.2, 0.25) is 5.02 Å². The van der Waals surface area contributed by atoms with Gasteiger partial charge in [0.25, 0.3) is 0 Å². The third-order valence-electron chi connectivity index (χ3n) is 2.77. The van der Waals surface area contributed by atoms with Crippen molar-refractivity contribution in [2.45, 2.75) is 6.42 Å². The van der Waals surface area contributed by atoms with Crippen LogP contribution in [0.15, 0.2) is 42.5 Å². The van der Waals surface area contributed by atoms with E-state index in [1.165, 1.54) is 12.1 Å². The first kappa shape index (κ1) is 14.2. The Kier molecular flexibility index (Phi) is 4.48. The average molecular weight is 292 g/mol. The van der Waals surface area contributed by atoms with Crippen molar-refractivity contribution in [2.24, 2.45) is 0 Å². The zero-order valence-corrected chi connectivity index (χ0v) is 11.6. The summed E-state index contributed by atoms with van der Waals surface area (Å²) in [7, 11) is 1.56. The monoisotopic (exact) mass is 291 g/mol. The first-order chi connectivity index (χ1) is 9.60. The van der Waals surface area contributed by atoms with Gasteiger partial charge in [-0.15, -0.1) is 0 Å². The molecular formula is C15H14ClNO3. The number of amides is 1.